The molecule has 7 heteroatoms. The van der Waals surface area contributed by atoms with Gasteiger partial charge in [-0.2, -0.15) is 0 Å². The number of carboxylic acids is 1. The molecule has 1 rings (SSSR count). The second-order valence-corrected chi connectivity index (χ2v) is 4.16. The predicted molar refractivity (Wildman–Crippen MR) is 51.3 cm³/mol. The van der Waals surface area contributed by atoms with Gasteiger partial charge >= 0.3 is 5.97 Å². The summed E-state index contributed by atoms with van der Waals surface area (Å²) >= 11 is 16.3. The van der Waals surface area contributed by atoms with Crippen LogP contribution in [0.5, 0.6) is 0 Å². The summed E-state index contributed by atoms with van der Waals surface area (Å²) in [7, 11) is 0. The molecule has 4 nitrogen and oxygen atoms in total. The van der Waals surface area contributed by atoms with E-state index in [-0.39, 0.29) is 0 Å². The molecule has 0 aliphatic heterocycles. The van der Waals surface area contributed by atoms with Gasteiger partial charge in [-0.15, -0.1) is 0 Å². The Balaban J connectivity index is 3.30. The van der Waals surface area contributed by atoms with Crippen molar-refractivity contribution in [2.45, 2.75) is 10.1 Å². The van der Waals surface area contributed by atoms with Crippen LogP contribution in [-0.4, -0.2) is 31.4 Å². The maximum atomic E-state index is 10.6. The van der Waals surface area contributed by atoms with Gasteiger partial charge in [0.2, 0.25) is 10.1 Å². The lowest BCUT2D eigenvalue weighted by Gasteiger charge is -2.34. The number of rotatable bonds is 1. The normalized spacial score (nSPS) is 37.5. The van der Waals surface area contributed by atoms with Crippen molar-refractivity contribution in [2.75, 3.05) is 0 Å². The monoisotopic (exact) mass is 258 g/mol. The zero-order chi connectivity index (χ0) is 11.1. The number of hydrogen-bond donors (Lipinski definition) is 3. The van der Waals surface area contributed by atoms with Crippen LogP contribution in [-0.2, 0) is 4.79 Å². The molecule has 0 aromatic carbocycles. The quantitative estimate of drug-likeness (QED) is 0.614. The zero-order valence-corrected chi connectivity index (χ0v) is 8.81. The second-order valence-electron chi connectivity index (χ2n) is 2.66. The summed E-state index contributed by atoms with van der Waals surface area (Å²) < 4.78 is 0. The summed E-state index contributed by atoms with van der Waals surface area (Å²) in [6.07, 6.45) is 1.81. The molecule has 0 spiro atoms. The third-order valence-electron chi connectivity index (χ3n) is 1.69. The molecule has 2 unspecified atom stereocenters. The first kappa shape index (κ1) is 11.8. The molecule has 0 aromatic rings. The van der Waals surface area contributed by atoms with Crippen LogP contribution in [0.3, 0.4) is 0 Å². The van der Waals surface area contributed by atoms with E-state index >= 15 is 0 Å². The van der Waals surface area contributed by atoms with E-state index in [1.165, 1.54) is 0 Å². The Labute approximate surface area is 94.0 Å². The Morgan fingerprint density at radius 2 is 1.86 bits per heavy atom. The Kier molecular flexibility index (Phi) is 2.87. The lowest BCUT2D eigenvalue weighted by molar-refractivity contribution is -0.132. The van der Waals surface area contributed by atoms with Crippen LogP contribution in [0.25, 0.3) is 0 Å². The van der Waals surface area contributed by atoms with Crippen LogP contribution in [0, 0.1) is 0 Å². The third-order valence-corrected chi connectivity index (χ3v) is 3.24. The Morgan fingerprint density at radius 1 is 1.36 bits per heavy atom. The minimum absolute atomic E-state index is 0.422. The molecule has 0 fully saturated rings. The van der Waals surface area contributed by atoms with Crippen molar-refractivity contribution in [1.82, 2.24) is 0 Å². The predicted octanol–water partition coefficient (Wildman–Crippen LogP) is 0.988. The molecule has 0 amide bonds. The highest BCUT2D eigenvalue weighted by molar-refractivity contribution is 6.44. The number of hydrogen-bond acceptors (Lipinski definition) is 3. The van der Waals surface area contributed by atoms with Gasteiger partial charge in [0.1, 0.15) is 0 Å². The molecule has 0 bridgehead atoms. The molecular weight excluding hydrogens is 254 g/mol. The number of carboxylic acid groups (broad SMARTS) is 1. The van der Waals surface area contributed by atoms with Crippen molar-refractivity contribution in [3.05, 3.63) is 22.8 Å². The molecule has 0 heterocycles. The van der Waals surface area contributed by atoms with Gasteiger partial charge < -0.3 is 15.3 Å². The van der Waals surface area contributed by atoms with Gasteiger partial charge in [0.25, 0.3) is 0 Å². The van der Waals surface area contributed by atoms with Gasteiger partial charge in [0.05, 0.1) is 10.6 Å². The van der Waals surface area contributed by atoms with Gasteiger partial charge in [-0.1, -0.05) is 34.8 Å². The van der Waals surface area contributed by atoms with Crippen LogP contribution >= 0.6 is 34.8 Å². The molecule has 0 radical (unpaired) electrons. The number of aliphatic hydroxyl groups is 2. The smallest absolute Gasteiger partial charge is 0.337 e. The van der Waals surface area contributed by atoms with E-state index in [9.17, 15) is 15.0 Å². The summed E-state index contributed by atoms with van der Waals surface area (Å²) in [5.74, 6) is -1.38. The number of alkyl halides is 2. The highest BCUT2D eigenvalue weighted by Gasteiger charge is 2.51. The summed E-state index contributed by atoms with van der Waals surface area (Å²) in [6.45, 7) is 0. The first-order valence-corrected chi connectivity index (χ1v) is 4.49. The standard InChI is InChI=1S/C7H5Cl3O4/c8-4-3(5(11)12)1-2-6(9,13)7(4,10)14/h1-2,13-14H,(H,11,12). The van der Waals surface area contributed by atoms with E-state index in [4.69, 9.17) is 39.9 Å². The van der Waals surface area contributed by atoms with Gasteiger partial charge in [-0.3, -0.25) is 0 Å². The Bertz CT molecular complexity index is 343. The van der Waals surface area contributed by atoms with Crippen molar-refractivity contribution in [3.63, 3.8) is 0 Å². The van der Waals surface area contributed by atoms with Crippen LogP contribution in [0.1, 0.15) is 0 Å². The van der Waals surface area contributed by atoms with Gasteiger partial charge in [-0.25, -0.2) is 4.79 Å². The van der Waals surface area contributed by atoms with Crippen molar-refractivity contribution >= 4 is 40.8 Å². The van der Waals surface area contributed by atoms with Crippen molar-refractivity contribution in [1.29, 1.82) is 0 Å². The van der Waals surface area contributed by atoms with Crippen LogP contribution in [0.4, 0.5) is 0 Å². The van der Waals surface area contributed by atoms with Gasteiger partial charge in [-0.05, 0) is 12.2 Å². The molecular formula is C7H5Cl3O4. The third kappa shape index (κ3) is 1.64. The van der Waals surface area contributed by atoms with Crippen LogP contribution < -0.4 is 0 Å². The molecule has 0 saturated heterocycles. The summed E-state index contributed by atoms with van der Waals surface area (Å²) in [6, 6.07) is 0. The van der Waals surface area contributed by atoms with Crippen molar-refractivity contribution in [3.8, 4) is 0 Å². The first-order chi connectivity index (χ1) is 6.20. The maximum absolute atomic E-state index is 10.6. The van der Waals surface area contributed by atoms with E-state index in [1.807, 2.05) is 0 Å². The highest BCUT2D eigenvalue weighted by atomic mass is 35.5. The largest absolute Gasteiger partial charge is 0.478 e. The molecule has 78 valence electrons. The van der Waals surface area contributed by atoms with E-state index < -0.39 is 26.7 Å². The Morgan fingerprint density at radius 3 is 2.29 bits per heavy atom. The molecule has 1 aliphatic carbocycles. The van der Waals surface area contributed by atoms with E-state index in [0.717, 1.165) is 12.2 Å². The van der Waals surface area contributed by atoms with Crippen LogP contribution in [0.2, 0.25) is 0 Å². The van der Waals surface area contributed by atoms with E-state index in [1.54, 1.807) is 0 Å². The molecule has 2 atom stereocenters. The van der Waals surface area contributed by atoms with Crippen molar-refractivity contribution in [2.24, 2.45) is 0 Å². The molecule has 3 N–H and O–H groups in total. The average molecular weight is 259 g/mol. The number of halogens is 3. The van der Waals surface area contributed by atoms with E-state index in [0.29, 0.717) is 0 Å². The highest BCUT2D eigenvalue weighted by Crippen LogP contribution is 2.44. The number of aliphatic carboxylic acids is 1. The SMILES string of the molecule is O=C(O)C1=C(Cl)C(O)(Cl)C(O)(Cl)C=C1. The first-order valence-electron chi connectivity index (χ1n) is 3.35. The fraction of sp³-hybridized carbons (Fsp3) is 0.286. The van der Waals surface area contributed by atoms with Gasteiger partial charge in [0, 0.05) is 0 Å². The van der Waals surface area contributed by atoms with Crippen LogP contribution in [0.15, 0.2) is 22.8 Å². The second kappa shape index (κ2) is 3.40. The molecule has 1 aliphatic rings. The lowest BCUT2D eigenvalue weighted by atomic mass is 10.0. The summed E-state index contributed by atoms with van der Waals surface area (Å²) in [4.78, 5) is 10.6. The molecule has 0 saturated carbocycles. The summed E-state index contributed by atoms with van der Waals surface area (Å²) in [5, 5.41) is 21.9. The molecule has 14 heavy (non-hydrogen) atoms. The van der Waals surface area contributed by atoms with Gasteiger partial charge in [0.15, 0.2) is 0 Å². The zero-order valence-electron chi connectivity index (χ0n) is 6.54. The topological polar surface area (TPSA) is 77.8 Å². The number of carbonyl (C=O) groups is 1. The lowest BCUT2D eigenvalue weighted by Crippen LogP contribution is -2.47. The molecule has 0 aromatic heterocycles. The average Bonchev–Trinajstić information content (AvgIpc) is 2.00. The maximum Gasteiger partial charge on any atom is 0.337 e. The fourth-order valence-electron chi connectivity index (χ4n) is 0.875. The summed E-state index contributed by atoms with van der Waals surface area (Å²) in [5.41, 5.74) is -0.422. The van der Waals surface area contributed by atoms with E-state index in [2.05, 4.69) is 0 Å². The Hall–Kier alpha value is -0.260. The van der Waals surface area contributed by atoms with Crippen molar-refractivity contribution < 1.29 is 20.1 Å². The fourth-order valence-corrected chi connectivity index (χ4v) is 1.53. The minimum atomic E-state index is -2.54. The minimum Gasteiger partial charge on any atom is -0.478 e.